The highest BCUT2D eigenvalue weighted by Crippen LogP contribution is 2.14. The average Bonchev–Trinajstić information content (AvgIpc) is 2.27. The second-order valence-corrected chi connectivity index (χ2v) is 3.64. The van der Waals surface area contributed by atoms with Gasteiger partial charge in [-0.2, -0.15) is 0 Å². The van der Waals surface area contributed by atoms with Gasteiger partial charge in [0.05, 0.1) is 7.11 Å². The lowest BCUT2D eigenvalue weighted by Gasteiger charge is -2.03. The lowest BCUT2D eigenvalue weighted by molar-refractivity contribution is -0.119. The molecule has 2 nitrogen and oxygen atoms in total. The molecule has 0 aliphatic carbocycles. The smallest absolute Gasteiger partial charge is 0.133 e. The van der Waals surface area contributed by atoms with E-state index in [1.165, 1.54) is 5.56 Å². The Labute approximate surface area is 91.3 Å². The largest absolute Gasteiger partial charge is 0.497 e. The zero-order chi connectivity index (χ0) is 11.1. The third-order valence-electron chi connectivity index (χ3n) is 2.36. The van der Waals surface area contributed by atoms with Gasteiger partial charge < -0.3 is 4.74 Å². The first-order valence-electron chi connectivity index (χ1n) is 5.41. The van der Waals surface area contributed by atoms with E-state index in [4.69, 9.17) is 4.74 Å². The predicted molar refractivity (Wildman–Crippen MR) is 61.2 cm³/mol. The van der Waals surface area contributed by atoms with Gasteiger partial charge in [-0.05, 0) is 30.5 Å². The predicted octanol–water partition coefficient (Wildman–Crippen LogP) is 3.00. The minimum absolute atomic E-state index is 0.348. The minimum atomic E-state index is 0.348. The molecule has 1 rings (SSSR count). The number of hydrogen-bond donors (Lipinski definition) is 0. The highest BCUT2D eigenvalue weighted by molar-refractivity contribution is 5.78. The number of Topliss-reactive ketones (excluding diaryl/α,β-unsaturated/α-hetero) is 1. The second kappa shape index (κ2) is 6.23. The number of carbonyl (C=O) groups is 1. The Bertz CT molecular complexity index is 318. The maximum absolute atomic E-state index is 11.3. The summed E-state index contributed by atoms with van der Waals surface area (Å²) in [5.74, 6) is 1.20. The van der Waals surface area contributed by atoms with Crippen molar-refractivity contribution in [2.75, 3.05) is 7.11 Å². The van der Waals surface area contributed by atoms with Crippen LogP contribution in [0.4, 0.5) is 0 Å². The maximum atomic E-state index is 11.3. The van der Waals surface area contributed by atoms with E-state index in [1.807, 2.05) is 31.2 Å². The monoisotopic (exact) mass is 206 g/mol. The Morgan fingerprint density at radius 1 is 1.33 bits per heavy atom. The Morgan fingerprint density at radius 2 is 2.13 bits per heavy atom. The number of benzene rings is 1. The van der Waals surface area contributed by atoms with Crippen molar-refractivity contribution < 1.29 is 9.53 Å². The summed E-state index contributed by atoms with van der Waals surface area (Å²) in [4.78, 5) is 11.3. The highest BCUT2D eigenvalue weighted by Gasteiger charge is 2.02. The fraction of sp³-hybridized carbons (Fsp3) is 0.462. The first-order valence-corrected chi connectivity index (χ1v) is 5.41. The second-order valence-electron chi connectivity index (χ2n) is 3.64. The van der Waals surface area contributed by atoms with Gasteiger partial charge in [0.25, 0.3) is 0 Å². The summed E-state index contributed by atoms with van der Waals surface area (Å²) >= 11 is 0. The normalized spacial score (nSPS) is 10.0. The topological polar surface area (TPSA) is 26.3 Å². The molecule has 0 saturated heterocycles. The Balaban J connectivity index is 2.46. The fourth-order valence-electron chi connectivity index (χ4n) is 1.52. The number of ether oxygens (including phenoxy) is 1. The van der Waals surface area contributed by atoms with Crippen LogP contribution in [0.1, 0.15) is 31.7 Å². The molecule has 0 bridgehead atoms. The molecule has 0 saturated carbocycles. The zero-order valence-electron chi connectivity index (χ0n) is 9.45. The van der Waals surface area contributed by atoms with E-state index in [0.717, 1.165) is 18.6 Å². The molecule has 0 N–H and O–H groups in total. The van der Waals surface area contributed by atoms with Crippen LogP contribution < -0.4 is 4.74 Å². The third kappa shape index (κ3) is 4.15. The Kier molecular flexibility index (Phi) is 4.88. The summed E-state index contributed by atoms with van der Waals surface area (Å²) in [6.45, 7) is 2.03. The first kappa shape index (κ1) is 11.8. The van der Waals surface area contributed by atoms with Crippen LogP contribution in [0.25, 0.3) is 0 Å². The molecule has 0 atom stereocenters. The van der Waals surface area contributed by atoms with Crippen molar-refractivity contribution in [2.24, 2.45) is 0 Å². The minimum Gasteiger partial charge on any atom is -0.497 e. The van der Waals surface area contributed by atoms with Gasteiger partial charge >= 0.3 is 0 Å². The van der Waals surface area contributed by atoms with E-state index in [1.54, 1.807) is 7.11 Å². The van der Waals surface area contributed by atoms with Crippen LogP contribution in [0.15, 0.2) is 24.3 Å². The highest BCUT2D eigenvalue weighted by atomic mass is 16.5. The number of hydrogen-bond acceptors (Lipinski definition) is 2. The van der Waals surface area contributed by atoms with Gasteiger partial charge in [-0.25, -0.2) is 0 Å². The summed E-state index contributed by atoms with van der Waals surface area (Å²) in [6.07, 6.45) is 3.10. The Morgan fingerprint density at radius 3 is 2.80 bits per heavy atom. The molecule has 1 aromatic rings. The van der Waals surface area contributed by atoms with Crippen molar-refractivity contribution in [1.82, 2.24) is 0 Å². The van der Waals surface area contributed by atoms with E-state index in [2.05, 4.69) is 0 Å². The summed E-state index contributed by atoms with van der Waals surface area (Å²) < 4.78 is 5.12. The summed E-state index contributed by atoms with van der Waals surface area (Å²) in [6, 6.07) is 7.89. The van der Waals surface area contributed by atoms with Gasteiger partial charge in [-0.15, -0.1) is 0 Å². The van der Waals surface area contributed by atoms with Crippen LogP contribution in [-0.2, 0) is 11.2 Å². The van der Waals surface area contributed by atoms with Crippen LogP contribution in [0.5, 0.6) is 5.75 Å². The van der Waals surface area contributed by atoms with Crippen LogP contribution in [0.2, 0.25) is 0 Å². The van der Waals surface area contributed by atoms with Crippen molar-refractivity contribution in [3.8, 4) is 5.75 Å². The number of methoxy groups -OCH3 is 1. The van der Waals surface area contributed by atoms with Crippen LogP contribution >= 0.6 is 0 Å². The lowest BCUT2D eigenvalue weighted by atomic mass is 10.1. The number of aryl methyl sites for hydroxylation is 1. The summed E-state index contributed by atoms with van der Waals surface area (Å²) in [5, 5.41) is 0. The molecular formula is C13H18O2. The summed E-state index contributed by atoms with van der Waals surface area (Å²) in [5.41, 5.74) is 1.17. The molecule has 0 amide bonds. The van der Waals surface area contributed by atoms with E-state index >= 15 is 0 Å². The molecule has 0 aliphatic rings. The van der Waals surface area contributed by atoms with Gasteiger partial charge in [0.15, 0.2) is 0 Å². The van der Waals surface area contributed by atoms with Gasteiger partial charge in [0.1, 0.15) is 11.5 Å². The van der Waals surface area contributed by atoms with Gasteiger partial charge in [-0.3, -0.25) is 4.79 Å². The zero-order valence-corrected chi connectivity index (χ0v) is 9.45. The molecule has 82 valence electrons. The number of carbonyl (C=O) groups excluding carboxylic acids is 1. The fourth-order valence-corrected chi connectivity index (χ4v) is 1.52. The number of ketones is 1. The molecule has 0 unspecified atom stereocenters. The van der Waals surface area contributed by atoms with E-state index in [0.29, 0.717) is 18.6 Å². The SMILES string of the molecule is CCCC(=O)CCc1cccc(OC)c1. The molecule has 0 spiro atoms. The van der Waals surface area contributed by atoms with Crippen molar-refractivity contribution in [2.45, 2.75) is 32.6 Å². The standard InChI is InChI=1S/C13H18O2/c1-3-5-12(14)9-8-11-6-4-7-13(10-11)15-2/h4,6-7,10H,3,5,8-9H2,1-2H3. The Hall–Kier alpha value is -1.31. The van der Waals surface area contributed by atoms with Gasteiger partial charge in [-0.1, -0.05) is 19.1 Å². The molecule has 0 fully saturated rings. The van der Waals surface area contributed by atoms with Crippen molar-refractivity contribution in [1.29, 1.82) is 0 Å². The van der Waals surface area contributed by atoms with Crippen LogP contribution in [0, 0.1) is 0 Å². The molecule has 2 heteroatoms. The quantitative estimate of drug-likeness (QED) is 0.715. The van der Waals surface area contributed by atoms with Crippen molar-refractivity contribution in [3.63, 3.8) is 0 Å². The van der Waals surface area contributed by atoms with Crippen LogP contribution in [-0.4, -0.2) is 12.9 Å². The number of rotatable bonds is 6. The van der Waals surface area contributed by atoms with E-state index in [9.17, 15) is 4.79 Å². The molecule has 15 heavy (non-hydrogen) atoms. The van der Waals surface area contributed by atoms with Gasteiger partial charge in [0, 0.05) is 12.8 Å². The first-order chi connectivity index (χ1) is 7.26. The van der Waals surface area contributed by atoms with Crippen LogP contribution in [0.3, 0.4) is 0 Å². The molecule has 1 aromatic carbocycles. The lowest BCUT2D eigenvalue weighted by Crippen LogP contribution is -1.99. The van der Waals surface area contributed by atoms with E-state index in [-0.39, 0.29) is 0 Å². The molecule has 0 aromatic heterocycles. The molecular weight excluding hydrogens is 188 g/mol. The molecule has 0 radical (unpaired) electrons. The van der Waals surface area contributed by atoms with Gasteiger partial charge in [0.2, 0.25) is 0 Å². The van der Waals surface area contributed by atoms with E-state index < -0.39 is 0 Å². The molecule has 0 aliphatic heterocycles. The van der Waals surface area contributed by atoms with Crippen molar-refractivity contribution >= 4 is 5.78 Å². The maximum Gasteiger partial charge on any atom is 0.133 e. The third-order valence-corrected chi connectivity index (χ3v) is 2.36. The van der Waals surface area contributed by atoms with Crippen molar-refractivity contribution in [3.05, 3.63) is 29.8 Å². The summed E-state index contributed by atoms with van der Waals surface area (Å²) in [7, 11) is 1.65. The average molecular weight is 206 g/mol. The molecule has 0 heterocycles.